The monoisotopic (exact) mass is 371 g/mol. The van der Waals surface area contributed by atoms with Gasteiger partial charge in [-0.1, -0.05) is 18.0 Å². The van der Waals surface area contributed by atoms with Crippen LogP contribution < -0.4 is 15.4 Å². The molecule has 1 heterocycles. The van der Waals surface area contributed by atoms with E-state index in [1.807, 2.05) is 42.6 Å². The molecule has 0 bridgehead atoms. The Morgan fingerprint density at radius 1 is 1.15 bits per heavy atom. The standard InChI is InChI=1S/C19H22ClN5O/c20-16-7-9-18(10-8-16)26-13-4-2-1-3-12-23-19(24-15-21)25-17-6-5-11-22-14-17/h5-11,14H,1-4,12-13H2,(H2,23,24,25). The molecule has 1 aromatic carbocycles. The minimum atomic E-state index is 0.437. The Kier molecular flexibility index (Phi) is 8.81. The zero-order valence-corrected chi connectivity index (χ0v) is 15.2. The number of pyridine rings is 1. The third kappa shape index (κ3) is 7.86. The van der Waals surface area contributed by atoms with Crippen LogP contribution in [0.3, 0.4) is 0 Å². The second-order valence-electron chi connectivity index (χ2n) is 5.55. The largest absolute Gasteiger partial charge is 0.494 e. The first-order valence-electron chi connectivity index (χ1n) is 8.53. The summed E-state index contributed by atoms with van der Waals surface area (Å²) >= 11 is 5.84. The summed E-state index contributed by atoms with van der Waals surface area (Å²) in [7, 11) is 0. The SMILES string of the molecule is N#CNC(=NCCCCCCOc1ccc(Cl)cc1)Nc1cccnc1. The van der Waals surface area contributed by atoms with Crippen LogP contribution in [0.4, 0.5) is 5.69 Å². The van der Waals surface area contributed by atoms with E-state index < -0.39 is 0 Å². The average Bonchev–Trinajstić information content (AvgIpc) is 2.66. The van der Waals surface area contributed by atoms with Crippen LogP contribution >= 0.6 is 11.6 Å². The van der Waals surface area contributed by atoms with Crippen molar-refractivity contribution < 1.29 is 4.74 Å². The first-order chi connectivity index (χ1) is 12.8. The maximum absolute atomic E-state index is 8.80. The van der Waals surface area contributed by atoms with E-state index in [0.29, 0.717) is 24.1 Å². The van der Waals surface area contributed by atoms with E-state index in [2.05, 4.69) is 20.6 Å². The average molecular weight is 372 g/mol. The number of nitrogens with zero attached hydrogens (tertiary/aromatic N) is 3. The maximum Gasteiger partial charge on any atom is 0.209 e. The molecule has 26 heavy (non-hydrogen) atoms. The quantitative estimate of drug-likeness (QED) is 0.227. The maximum atomic E-state index is 8.80. The molecular weight excluding hydrogens is 350 g/mol. The molecule has 0 aliphatic heterocycles. The fraction of sp³-hybridized carbons (Fsp3) is 0.316. The summed E-state index contributed by atoms with van der Waals surface area (Å²) in [6.45, 7) is 1.34. The smallest absolute Gasteiger partial charge is 0.209 e. The zero-order valence-electron chi connectivity index (χ0n) is 14.5. The van der Waals surface area contributed by atoms with Crippen molar-refractivity contribution in [3.63, 3.8) is 0 Å². The molecule has 7 heteroatoms. The summed E-state index contributed by atoms with van der Waals surface area (Å²) in [6, 6.07) is 11.1. The molecular formula is C19H22ClN5O. The Hall–Kier alpha value is -2.78. The highest BCUT2D eigenvalue weighted by atomic mass is 35.5. The van der Waals surface area contributed by atoms with Gasteiger partial charge < -0.3 is 10.1 Å². The Balaban J connectivity index is 1.59. The van der Waals surface area contributed by atoms with Crippen LogP contribution in [0.1, 0.15) is 25.7 Å². The zero-order chi connectivity index (χ0) is 18.5. The lowest BCUT2D eigenvalue weighted by molar-refractivity contribution is 0.305. The van der Waals surface area contributed by atoms with Crippen molar-refractivity contribution in [3.05, 3.63) is 53.8 Å². The first kappa shape index (κ1) is 19.5. The van der Waals surface area contributed by atoms with Gasteiger partial charge >= 0.3 is 0 Å². The molecule has 0 saturated carbocycles. The van der Waals surface area contributed by atoms with Gasteiger partial charge in [0.15, 0.2) is 6.19 Å². The Bertz CT molecular complexity index is 713. The van der Waals surface area contributed by atoms with Gasteiger partial charge in [0.1, 0.15) is 5.75 Å². The lowest BCUT2D eigenvalue weighted by Gasteiger charge is -2.07. The van der Waals surface area contributed by atoms with E-state index in [0.717, 1.165) is 37.1 Å². The molecule has 0 radical (unpaired) electrons. The van der Waals surface area contributed by atoms with Crippen molar-refractivity contribution in [3.8, 4) is 11.9 Å². The van der Waals surface area contributed by atoms with Crippen molar-refractivity contribution in [2.75, 3.05) is 18.5 Å². The van der Waals surface area contributed by atoms with Crippen molar-refractivity contribution in [1.29, 1.82) is 5.26 Å². The molecule has 0 atom stereocenters. The van der Waals surface area contributed by atoms with Gasteiger partial charge in [0.2, 0.25) is 5.96 Å². The van der Waals surface area contributed by atoms with E-state index in [1.54, 1.807) is 12.4 Å². The number of nitrogens with one attached hydrogen (secondary N) is 2. The van der Waals surface area contributed by atoms with E-state index in [4.69, 9.17) is 21.6 Å². The molecule has 0 fully saturated rings. The van der Waals surface area contributed by atoms with Crippen LogP contribution in [-0.2, 0) is 0 Å². The second kappa shape index (κ2) is 11.7. The molecule has 136 valence electrons. The predicted octanol–water partition coefficient (Wildman–Crippen LogP) is 4.21. The predicted molar refractivity (Wildman–Crippen MR) is 104 cm³/mol. The van der Waals surface area contributed by atoms with E-state index in [9.17, 15) is 0 Å². The fourth-order valence-electron chi connectivity index (χ4n) is 2.22. The van der Waals surface area contributed by atoms with Gasteiger partial charge in [-0.05, 0) is 55.7 Å². The van der Waals surface area contributed by atoms with Crippen LogP contribution in [-0.4, -0.2) is 24.1 Å². The van der Waals surface area contributed by atoms with Gasteiger partial charge in [0.25, 0.3) is 0 Å². The van der Waals surface area contributed by atoms with E-state index >= 15 is 0 Å². The van der Waals surface area contributed by atoms with Crippen LogP contribution in [0.15, 0.2) is 53.8 Å². The number of aromatic nitrogens is 1. The number of halogens is 1. The molecule has 0 unspecified atom stereocenters. The van der Waals surface area contributed by atoms with Crippen molar-refractivity contribution in [2.24, 2.45) is 4.99 Å². The topological polar surface area (TPSA) is 82.3 Å². The first-order valence-corrected chi connectivity index (χ1v) is 8.90. The summed E-state index contributed by atoms with van der Waals surface area (Å²) < 4.78 is 5.66. The van der Waals surface area contributed by atoms with Gasteiger partial charge in [-0.15, -0.1) is 0 Å². The molecule has 0 aliphatic carbocycles. The number of hydrogen-bond acceptors (Lipinski definition) is 4. The summed E-state index contributed by atoms with van der Waals surface area (Å²) in [5.41, 5.74) is 0.786. The minimum absolute atomic E-state index is 0.437. The number of nitriles is 1. The highest BCUT2D eigenvalue weighted by Gasteiger charge is 1.99. The van der Waals surface area contributed by atoms with Gasteiger partial charge in [-0.25, -0.2) is 0 Å². The summed E-state index contributed by atoms with van der Waals surface area (Å²) in [5.74, 6) is 1.28. The molecule has 0 spiro atoms. The molecule has 6 nitrogen and oxygen atoms in total. The number of anilines is 1. The second-order valence-corrected chi connectivity index (χ2v) is 5.99. The lowest BCUT2D eigenvalue weighted by atomic mass is 10.2. The lowest BCUT2D eigenvalue weighted by Crippen LogP contribution is -2.27. The molecule has 0 amide bonds. The van der Waals surface area contributed by atoms with Crippen LogP contribution in [0.25, 0.3) is 0 Å². The van der Waals surface area contributed by atoms with Gasteiger partial charge in [0, 0.05) is 17.8 Å². The number of guanidine groups is 1. The number of rotatable bonds is 9. The minimum Gasteiger partial charge on any atom is -0.494 e. The highest BCUT2D eigenvalue weighted by molar-refractivity contribution is 6.30. The Labute approximate surface area is 158 Å². The fourth-order valence-corrected chi connectivity index (χ4v) is 2.34. The van der Waals surface area contributed by atoms with Crippen LogP contribution in [0.5, 0.6) is 5.75 Å². The number of ether oxygens (including phenoxy) is 1. The third-order valence-electron chi connectivity index (χ3n) is 3.50. The van der Waals surface area contributed by atoms with E-state index in [1.165, 1.54) is 0 Å². The molecule has 2 aromatic rings. The highest BCUT2D eigenvalue weighted by Crippen LogP contribution is 2.15. The van der Waals surface area contributed by atoms with Gasteiger partial charge in [0.05, 0.1) is 18.5 Å². The Morgan fingerprint density at radius 3 is 2.69 bits per heavy atom. The van der Waals surface area contributed by atoms with Crippen molar-refractivity contribution >= 4 is 23.2 Å². The molecule has 2 N–H and O–H groups in total. The van der Waals surface area contributed by atoms with Crippen molar-refractivity contribution in [2.45, 2.75) is 25.7 Å². The molecule has 0 aliphatic rings. The summed E-state index contributed by atoms with van der Waals surface area (Å²) in [4.78, 5) is 8.40. The molecule has 0 saturated heterocycles. The normalized spacial score (nSPS) is 10.8. The summed E-state index contributed by atoms with van der Waals surface area (Å²) in [5, 5.41) is 15.1. The number of hydrogen-bond donors (Lipinski definition) is 2. The number of unbranched alkanes of at least 4 members (excludes halogenated alkanes) is 3. The number of aliphatic imine (C=N–C) groups is 1. The summed E-state index contributed by atoms with van der Waals surface area (Å²) in [6.07, 6.45) is 9.32. The van der Waals surface area contributed by atoms with Gasteiger partial charge in [-0.2, -0.15) is 5.26 Å². The van der Waals surface area contributed by atoms with Crippen LogP contribution in [0, 0.1) is 11.5 Å². The van der Waals surface area contributed by atoms with Gasteiger partial charge in [-0.3, -0.25) is 15.3 Å². The van der Waals surface area contributed by atoms with Crippen molar-refractivity contribution in [1.82, 2.24) is 10.3 Å². The number of benzene rings is 1. The van der Waals surface area contributed by atoms with E-state index in [-0.39, 0.29) is 0 Å². The molecule has 2 rings (SSSR count). The molecule has 1 aromatic heterocycles. The Morgan fingerprint density at radius 2 is 1.96 bits per heavy atom. The van der Waals surface area contributed by atoms with Crippen LogP contribution in [0.2, 0.25) is 5.02 Å². The third-order valence-corrected chi connectivity index (χ3v) is 3.76.